The first kappa shape index (κ1) is 17.2. The summed E-state index contributed by atoms with van der Waals surface area (Å²) in [5, 5.41) is 9.91. The number of morpholine rings is 1. The van der Waals surface area contributed by atoms with E-state index in [1.807, 2.05) is 4.90 Å². The van der Waals surface area contributed by atoms with Gasteiger partial charge in [0.1, 0.15) is 5.75 Å². The minimum atomic E-state index is -0.189. The van der Waals surface area contributed by atoms with E-state index in [2.05, 4.69) is 15.9 Å². The quantitative estimate of drug-likeness (QED) is 0.827. The van der Waals surface area contributed by atoms with Gasteiger partial charge in [0.05, 0.1) is 18.8 Å². The third kappa shape index (κ3) is 3.72. The van der Waals surface area contributed by atoms with Crippen molar-refractivity contribution in [2.45, 2.75) is 12.8 Å². The highest BCUT2D eigenvalue weighted by Gasteiger charge is 2.31. The predicted molar refractivity (Wildman–Crippen MR) is 91.8 cm³/mol. The number of piperidine rings is 1. The maximum Gasteiger partial charge on any atom is 0.257 e. The number of amides is 2. The lowest BCUT2D eigenvalue weighted by atomic mass is 9.94. The van der Waals surface area contributed by atoms with Crippen LogP contribution in [0.15, 0.2) is 22.7 Å². The number of ether oxygens (including phenoxy) is 1. The average molecular weight is 397 g/mol. The number of rotatable bonds is 2. The summed E-state index contributed by atoms with van der Waals surface area (Å²) in [5.41, 5.74) is 0.294. The van der Waals surface area contributed by atoms with E-state index in [1.54, 1.807) is 17.0 Å². The molecule has 6 nitrogen and oxygen atoms in total. The summed E-state index contributed by atoms with van der Waals surface area (Å²) < 4.78 is 6.03. The molecule has 1 N–H and O–H groups in total. The fourth-order valence-corrected chi connectivity index (χ4v) is 3.58. The summed E-state index contributed by atoms with van der Waals surface area (Å²) >= 11 is 3.32. The van der Waals surface area contributed by atoms with E-state index in [4.69, 9.17) is 4.74 Å². The number of carbonyl (C=O) groups excluding carboxylic acids is 2. The van der Waals surface area contributed by atoms with Crippen LogP contribution in [0.25, 0.3) is 0 Å². The molecular weight excluding hydrogens is 376 g/mol. The number of phenols is 1. The van der Waals surface area contributed by atoms with Gasteiger partial charge in [-0.05, 0) is 31.0 Å². The van der Waals surface area contributed by atoms with Gasteiger partial charge in [0.25, 0.3) is 5.91 Å². The summed E-state index contributed by atoms with van der Waals surface area (Å²) in [6.45, 7) is 3.58. The Labute approximate surface area is 149 Å². The van der Waals surface area contributed by atoms with Gasteiger partial charge < -0.3 is 19.6 Å². The van der Waals surface area contributed by atoms with Crippen molar-refractivity contribution in [3.8, 4) is 5.75 Å². The molecule has 2 fully saturated rings. The van der Waals surface area contributed by atoms with Crippen molar-refractivity contribution in [2.75, 3.05) is 39.4 Å². The van der Waals surface area contributed by atoms with Crippen LogP contribution >= 0.6 is 15.9 Å². The molecule has 0 atom stereocenters. The van der Waals surface area contributed by atoms with Gasteiger partial charge >= 0.3 is 0 Å². The van der Waals surface area contributed by atoms with E-state index < -0.39 is 0 Å². The number of phenolic OH excluding ortho intramolecular Hbond substituents is 1. The summed E-state index contributed by atoms with van der Waals surface area (Å²) in [6, 6.07) is 4.83. The lowest BCUT2D eigenvalue weighted by Crippen LogP contribution is -2.47. The third-order valence-corrected chi connectivity index (χ3v) is 5.14. The van der Waals surface area contributed by atoms with Crippen LogP contribution < -0.4 is 0 Å². The highest BCUT2D eigenvalue weighted by atomic mass is 79.9. The number of halogens is 1. The molecule has 0 aliphatic carbocycles. The smallest absolute Gasteiger partial charge is 0.257 e. The molecule has 3 rings (SSSR count). The van der Waals surface area contributed by atoms with Crippen LogP contribution in [-0.2, 0) is 9.53 Å². The Balaban J connectivity index is 1.59. The largest absolute Gasteiger partial charge is 0.507 e. The Kier molecular flexibility index (Phi) is 5.40. The molecule has 2 amide bonds. The number of benzene rings is 1. The molecule has 0 radical (unpaired) electrons. The number of hydrogen-bond acceptors (Lipinski definition) is 4. The molecule has 130 valence electrons. The topological polar surface area (TPSA) is 70.1 Å². The van der Waals surface area contributed by atoms with E-state index in [-0.39, 0.29) is 23.5 Å². The van der Waals surface area contributed by atoms with Crippen LogP contribution in [0.1, 0.15) is 23.2 Å². The zero-order chi connectivity index (χ0) is 17.1. The van der Waals surface area contributed by atoms with E-state index in [9.17, 15) is 14.7 Å². The van der Waals surface area contributed by atoms with Crippen molar-refractivity contribution in [3.05, 3.63) is 28.2 Å². The van der Waals surface area contributed by atoms with Gasteiger partial charge in [0.15, 0.2) is 0 Å². The molecular formula is C17H21BrN2O4. The Morgan fingerprint density at radius 1 is 1.08 bits per heavy atom. The fraction of sp³-hybridized carbons (Fsp3) is 0.529. The maximum absolute atomic E-state index is 12.6. The summed E-state index contributed by atoms with van der Waals surface area (Å²) in [6.07, 6.45) is 1.33. The first-order chi connectivity index (χ1) is 11.6. The second kappa shape index (κ2) is 7.53. The monoisotopic (exact) mass is 396 g/mol. The third-order valence-electron chi connectivity index (χ3n) is 4.64. The molecule has 2 aliphatic rings. The molecule has 2 saturated heterocycles. The van der Waals surface area contributed by atoms with Crippen LogP contribution in [-0.4, -0.2) is 66.1 Å². The second-order valence-electron chi connectivity index (χ2n) is 6.17. The van der Waals surface area contributed by atoms with Crippen molar-refractivity contribution >= 4 is 27.7 Å². The lowest BCUT2D eigenvalue weighted by molar-refractivity contribution is -0.141. The van der Waals surface area contributed by atoms with Crippen molar-refractivity contribution in [1.29, 1.82) is 0 Å². The van der Waals surface area contributed by atoms with Crippen molar-refractivity contribution in [1.82, 2.24) is 9.80 Å². The van der Waals surface area contributed by atoms with Crippen LogP contribution in [0.5, 0.6) is 5.75 Å². The van der Waals surface area contributed by atoms with Gasteiger partial charge in [0, 0.05) is 36.6 Å². The number of nitrogens with zero attached hydrogens (tertiary/aromatic N) is 2. The molecule has 1 aromatic carbocycles. The number of carbonyl (C=O) groups is 2. The molecule has 7 heteroatoms. The van der Waals surface area contributed by atoms with Gasteiger partial charge in [0.2, 0.25) is 5.91 Å². The standard InChI is InChI=1S/C17H21BrN2O4/c18-13-1-2-15(21)14(11-13)17(23)19-5-3-12(4-6-19)16(22)20-7-9-24-10-8-20/h1-2,11-12,21H,3-10H2. The van der Waals surface area contributed by atoms with Gasteiger partial charge in [-0.1, -0.05) is 15.9 Å². The molecule has 0 bridgehead atoms. The average Bonchev–Trinajstić information content (AvgIpc) is 2.63. The first-order valence-electron chi connectivity index (χ1n) is 8.20. The zero-order valence-electron chi connectivity index (χ0n) is 13.4. The van der Waals surface area contributed by atoms with Crippen LogP contribution in [0, 0.1) is 5.92 Å². The second-order valence-corrected chi connectivity index (χ2v) is 7.08. The van der Waals surface area contributed by atoms with E-state index in [0.717, 1.165) is 4.47 Å². The zero-order valence-corrected chi connectivity index (χ0v) is 15.0. The number of likely N-dealkylation sites (tertiary alicyclic amines) is 1. The fourth-order valence-electron chi connectivity index (χ4n) is 3.22. The van der Waals surface area contributed by atoms with E-state index in [1.165, 1.54) is 6.07 Å². The highest BCUT2D eigenvalue weighted by Crippen LogP contribution is 2.26. The maximum atomic E-state index is 12.6. The minimum Gasteiger partial charge on any atom is -0.507 e. The summed E-state index contributed by atoms with van der Waals surface area (Å²) in [5.74, 6) is -0.0558. The molecule has 0 spiro atoms. The normalized spacial score (nSPS) is 19.4. The van der Waals surface area contributed by atoms with E-state index in [0.29, 0.717) is 57.8 Å². The SMILES string of the molecule is O=C(c1cc(Br)ccc1O)N1CCC(C(=O)N2CCOCC2)CC1. The molecule has 0 aromatic heterocycles. The molecule has 0 saturated carbocycles. The van der Waals surface area contributed by atoms with Gasteiger partial charge in [-0.2, -0.15) is 0 Å². The molecule has 2 heterocycles. The molecule has 2 aliphatic heterocycles. The number of hydrogen-bond donors (Lipinski definition) is 1. The summed E-state index contributed by atoms with van der Waals surface area (Å²) in [4.78, 5) is 28.7. The minimum absolute atomic E-state index is 0.0188. The Morgan fingerprint density at radius 2 is 1.75 bits per heavy atom. The molecule has 0 unspecified atom stereocenters. The summed E-state index contributed by atoms with van der Waals surface area (Å²) in [7, 11) is 0. The van der Waals surface area contributed by atoms with Gasteiger partial charge in [-0.25, -0.2) is 0 Å². The van der Waals surface area contributed by atoms with Crippen molar-refractivity contribution < 1.29 is 19.4 Å². The Bertz CT molecular complexity index is 623. The van der Waals surface area contributed by atoms with Crippen LogP contribution in [0.4, 0.5) is 0 Å². The van der Waals surface area contributed by atoms with Gasteiger partial charge in [-0.15, -0.1) is 0 Å². The van der Waals surface area contributed by atoms with Crippen LogP contribution in [0.3, 0.4) is 0 Å². The highest BCUT2D eigenvalue weighted by molar-refractivity contribution is 9.10. The molecule has 24 heavy (non-hydrogen) atoms. The first-order valence-corrected chi connectivity index (χ1v) is 9.00. The Hall–Kier alpha value is -1.60. The van der Waals surface area contributed by atoms with Crippen molar-refractivity contribution in [3.63, 3.8) is 0 Å². The Morgan fingerprint density at radius 3 is 2.42 bits per heavy atom. The van der Waals surface area contributed by atoms with Gasteiger partial charge in [-0.3, -0.25) is 9.59 Å². The van der Waals surface area contributed by atoms with E-state index >= 15 is 0 Å². The van der Waals surface area contributed by atoms with Crippen LogP contribution in [0.2, 0.25) is 0 Å². The predicted octanol–water partition coefficient (Wildman–Crippen LogP) is 1.87. The molecule has 1 aromatic rings. The van der Waals surface area contributed by atoms with Crippen molar-refractivity contribution in [2.24, 2.45) is 5.92 Å². The number of aromatic hydroxyl groups is 1. The lowest BCUT2D eigenvalue weighted by Gasteiger charge is -2.35.